The Morgan fingerprint density at radius 3 is 2.54 bits per heavy atom. The molecule has 0 radical (unpaired) electrons. The second-order valence-corrected chi connectivity index (χ2v) is 6.09. The van der Waals surface area contributed by atoms with Crippen molar-refractivity contribution in [3.05, 3.63) is 65.5 Å². The second-order valence-electron chi connectivity index (χ2n) is 6.09. The lowest BCUT2D eigenvalue weighted by atomic mass is 10.0. The number of Topliss-reactive ketones (excluding diaryl/α,β-unsaturated/α-hetero) is 1. The number of rotatable bonds is 5. The van der Waals surface area contributed by atoms with Gasteiger partial charge in [-0.15, -0.1) is 0 Å². The zero-order valence-corrected chi connectivity index (χ0v) is 14.6. The third-order valence-corrected chi connectivity index (χ3v) is 4.27. The highest BCUT2D eigenvalue weighted by atomic mass is 16.2. The lowest BCUT2D eigenvalue weighted by Gasteiger charge is -2.10. The standard InChI is InChI=1S/C20H18N4O2/c1-13-7-9-14(10-8-13)20(26)22-12-18(25)15(11-21)19-23-16-5-3-4-6-17(16)24(19)2/h3-10,15H,12H2,1-2H3,(H,22,26). The van der Waals surface area contributed by atoms with Crippen molar-refractivity contribution >= 4 is 22.7 Å². The first-order valence-corrected chi connectivity index (χ1v) is 8.20. The van der Waals surface area contributed by atoms with Crippen LogP contribution in [0, 0.1) is 18.3 Å². The van der Waals surface area contributed by atoms with E-state index in [-0.39, 0.29) is 12.5 Å². The molecule has 1 aromatic heterocycles. The van der Waals surface area contributed by atoms with Gasteiger partial charge >= 0.3 is 0 Å². The quantitative estimate of drug-likeness (QED) is 0.769. The Bertz CT molecular complexity index is 1010. The van der Waals surface area contributed by atoms with Crippen LogP contribution in [0.1, 0.15) is 27.7 Å². The van der Waals surface area contributed by atoms with Crippen LogP contribution in [0.15, 0.2) is 48.5 Å². The maximum Gasteiger partial charge on any atom is 0.251 e. The van der Waals surface area contributed by atoms with Gasteiger partial charge in [0.2, 0.25) is 0 Å². The number of ketones is 1. The van der Waals surface area contributed by atoms with Crippen molar-refractivity contribution in [3.63, 3.8) is 0 Å². The van der Waals surface area contributed by atoms with Crippen molar-refractivity contribution in [1.29, 1.82) is 5.26 Å². The molecule has 3 rings (SSSR count). The summed E-state index contributed by atoms with van der Waals surface area (Å²) in [7, 11) is 1.77. The summed E-state index contributed by atoms with van der Waals surface area (Å²) in [4.78, 5) is 29.1. The van der Waals surface area contributed by atoms with Gasteiger partial charge in [0, 0.05) is 12.6 Å². The predicted octanol–water partition coefficient (Wildman–Crippen LogP) is 2.49. The number of para-hydroxylation sites is 2. The number of fused-ring (bicyclic) bond motifs is 1. The lowest BCUT2D eigenvalue weighted by Crippen LogP contribution is -2.32. The second kappa shape index (κ2) is 7.19. The zero-order chi connectivity index (χ0) is 18.7. The summed E-state index contributed by atoms with van der Waals surface area (Å²) in [6.07, 6.45) is 0. The molecule has 0 saturated carbocycles. The maximum absolute atomic E-state index is 12.5. The lowest BCUT2D eigenvalue weighted by molar-refractivity contribution is -0.118. The van der Waals surface area contributed by atoms with Crippen molar-refractivity contribution in [2.75, 3.05) is 6.54 Å². The summed E-state index contributed by atoms with van der Waals surface area (Å²) < 4.78 is 1.74. The van der Waals surface area contributed by atoms with Crippen LogP contribution in [-0.2, 0) is 11.8 Å². The van der Waals surface area contributed by atoms with Crippen LogP contribution in [0.25, 0.3) is 11.0 Å². The summed E-state index contributed by atoms with van der Waals surface area (Å²) in [6, 6.07) is 16.5. The molecule has 0 bridgehead atoms. The highest BCUT2D eigenvalue weighted by Crippen LogP contribution is 2.21. The van der Waals surface area contributed by atoms with Crippen LogP contribution in [0.5, 0.6) is 0 Å². The van der Waals surface area contributed by atoms with E-state index >= 15 is 0 Å². The van der Waals surface area contributed by atoms with Gasteiger partial charge < -0.3 is 9.88 Å². The molecule has 1 heterocycles. The van der Waals surface area contributed by atoms with Gasteiger partial charge in [0.1, 0.15) is 5.82 Å². The van der Waals surface area contributed by atoms with Gasteiger partial charge in [-0.3, -0.25) is 9.59 Å². The number of benzene rings is 2. The fourth-order valence-corrected chi connectivity index (χ4v) is 2.77. The zero-order valence-electron chi connectivity index (χ0n) is 14.6. The minimum atomic E-state index is -1.04. The summed E-state index contributed by atoms with van der Waals surface area (Å²) in [5.74, 6) is -1.40. The molecule has 0 spiro atoms. The van der Waals surface area contributed by atoms with Gasteiger partial charge in [-0.1, -0.05) is 29.8 Å². The molecule has 1 N–H and O–H groups in total. The van der Waals surface area contributed by atoms with E-state index in [1.54, 1.807) is 23.7 Å². The van der Waals surface area contributed by atoms with Crippen LogP contribution >= 0.6 is 0 Å². The van der Waals surface area contributed by atoms with Gasteiger partial charge in [0.15, 0.2) is 11.7 Å². The third kappa shape index (κ3) is 3.33. The predicted molar refractivity (Wildman–Crippen MR) is 97.6 cm³/mol. The average molecular weight is 346 g/mol. The molecule has 1 amide bonds. The Hall–Kier alpha value is -3.46. The van der Waals surface area contributed by atoms with E-state index in [0.717, 1.165) is 16.6 Å². The van der Waals surface area contributed by atoms with E-state index in [9.17, 15) is 14.9 Å². The minimum Gasteiger partial charge on any atom is -0.345 e. The Kier molecular flexibility index (Phi) is 4.81. The highest BCUT2D eigenvalue weighted by Gasteiger charge is 2.26. The number of nitrogens with one attached hydrogen (secondary N) is 1. The third-order valence-electron chi connectivity index (χ3n) is 4.27. The van der Waals surface area contributed by atoms with Crippen molar-refractivity contribution in [2.24, 2.45) is 7.05 Å². The first-order valence-electron chi connectivity index (χ1n) is 8.20. The van der Waals surface area contributed by atoms with Gasteiger partial charge in [0.05, 0.1) is 23.6 Å². The minimum absolute atomic E-state index is 0.228. The van der Waals surface area contributed by atoms with Crippen molar-refractivity contribution in [3.8, 4) is 6.07 Å². The van der Waals surface area contributed by atoms with E-state index in [2.05, 4.69) is 10.3 Å². The van der Waals surface area contributed by atoms with Gasteiger partial charge in [0.25, 0.3) is 5.91 Å². The SMILES string of the molecule is Cc1ccc(C(=O)NCC(=O)C(C#N)c2nc3ccccc3n2C)cc1. The monoisotopic (exact) mass is 346 g/mol. The van der Waals surface area contributed by atoms with E-state index in [0.29, 0.717) is 11.4 Å². The molecule has 0 aliphatic rings. The van der Waals surface area contributed by atoms with Crippen molar-refractivity contribution < 1.29 is 9.59 Å². The number of nitrogens with zero attached hydrogens (tertiary/aromatic N) is 3. The number of carbonyl (C=O) groups excluding carboxylic acids is 2. The Labute approximate surface area is 151 Å². The fourth-order valence-electron chi connectivity index (χ4n) is 2.77. The normalized spacial score (nSPS) is 11.7. The van der Waals surface area contributed by atoms with Crippen LogP contribution in [-0.4, -0.2) is 27.8 Å². The smallest absolute Gasteiger partial charge is 0.251 e. The number of hydrogen-bond acceptors (Lipinski definition) is 4. The number of hydrogen-bond donors (Lipinski definition) is 1. The number of amides is 1. The molecule has 3 aromatic rings. The molecule has 0 aliphatic carbocycles. The molecule has 6 nitrogen and oxygen atoms in total. The van der Waals surface area contributed by atoms with Crippen LogP contribution in [0.2, 0.25) is 0 Å². The first kappa shape index (κ1) is 17.4. The fraction of sp³-hybridized carbons (Fsp3) is 0.200. The largest absolute Gasteiger partial charge is 0.345 e. The van der Waals surface area contributed by atoms with Gasteiger partial charge in [-0.2, -0.15) is 5.26 Å². The number of carbonyl (C=O) groups is 2. The first-order chi connectivity index (χ1) is 12.5. The highest BCUT2D eigenvalue weighted by molar-refractivity contribution is 5.98. The van der Waals surface area contributed by atoms with Crippen LogP contribution in [0.3, 0.4) is 0 Å². The number of aryl methyl sites for hydroxylation is 2. The molecule has 0 saturated heterocycles. The molecule has 1 unspecified atom stereocenters. The summed E-state index contributed by atoms with van der Waals surface area (Å²) in [5, 5.41) is 12.1. The molecular formula is C20H18N4O2. The van der Waals surface area contributed by atoms with Crippen LogP contribution in [0.4, 0.5) is 0 Å². The molecule has 0 aliphatic heterocycles. The molecule has 130 valence electrons. The number of nitriles is 1. The Balaban J connectivity index is 1.74. The number of aromatic nitrogens is 2. The topological polar surface area (TPSA) is 87.8 Å². The summed E-state index contributed by atoms with van der Waals surface area (Å²) >= 11 is 0. The van der Waals surface area contributed by atoms with Gasteiger partial charge in [-0.05, 0) is 31.2 Å². The van der Waals surface area contributed by atoms with E-state index in [1.165, 1.54) is 0 Å². The molecule has 26 heavy (non-hydrogen) atoms. The summed E-state index contributed by atoms with van der Waals surface area (Å²) in [6.45, 7) is 1.70. The molecule has 2 aromatic carbocycles. The Morgan fingerprint density at radius 1 is 1.19 bits per heavy atom. The number of imidazole rings is 1. The van der Waals surface area contributed by atoms with Crippen molar-refractivity contribution in [2.45, 2.75) is 12.8 Å². The van der Waals surface area contributed by atoms with E-state index < -0.39 is 11.7 Å². The van der Waals surface area contributed by atoms with E-state index in [4.69, 9.17) is 0 Å². The molecule has 0 fully saturated rings. The molecular weight excluding hydrogens is 328 g/mol. The van der Waals surface area contributed by atoms with Crippen molar-refractivity contribution in [1.82, 2.24) is 14.9 Å². The molecule has 6 heteroatoms. The Morgan fingerprint density at radius 2 is 1.88 bits per heavy atom. The van der Waals surface area contributed by atoms with Crippen LogP contribution < -0.4 is 5.32 Å². The van der Waals surface area contributed by atoms with Gasteiger partial charge in [-0.25, -0.2) is 4.98 Å². The van der Waals surface area contributed by atoms with E-state index in [1.807, 2.05) is 49.4 Å². The average Bonchev–Trinajstić information content (AvgIpc) is 2.98. The maximum atomic E-state index is 12.5. The summed E-state index contributed by atoms with van der Waals surface area (Å²) in [5.41, 5.74) is 3.09. The molecule has 1 atom stereocenters.